The number of hydrogen-bond donors (Lipinski definition) is 0. The fraction of sp³-hybridized carbons (Fsp3) is 0.649. The first-order valence-corrected chi connectivity index (χ1v) is 17.6. The molecule has 1 amide bonds. The van der Waals surface area contributed by atoms with Crippen LogP contribution in [0.5, 0.6) is 0 Å². The topological polar surface area (TPSA) is 48.8 Å². The first-order chi connectivity index (χ1) is 20.3. The molecule has 2 aromatic rings. The molecule has 0 fully saturated rings. The highest BCUT2D eigenvalue weighted by Crippen LogP contribution is 2.39. The second-order valence-electron chi connectivity index (χ2n) is 14.4. The molecule has 2 atom stereocenters. The van der Waals surface area contributed by atoms with Crippen LogP contribution < -0.4 is 9.91 Å². The van der Waals surface area contributed by atoms with Crippen molar-refractivity contribution in [2.24, 2.45) is 22.4 Å². The predicted molar refractivity (Wildman–Crippen MR) is 188 cm³/mol. The summed E-state index contributed by atoms with van der Waals surface area (Å²) in [6, 6.07) is 9.75. The largest absolute Gasteiger partial charge is 0.348 e. The van der Waals surface area contributed by atoms with E-state index >= 15 is 0 Å². The van der Waals surface area contributed by atoms with E-state index < -0.39 is 0 Å². The molecule has 5 nitrogen and oxygen atoms in total. The van der Waals surface area contributed by atoms with Crippen LogP contribution >= 0.6 is 11.3 Å². The minimum atomic E-state index is -0.284. The van der Waals surface area contributed by atoms with Crippen molar-refractivity contribution in [3.8, 4) is 0 Å². The zero-order chi connectivity index (χ0) is 31.8. The summed E-state index contributed by atoms with van der Waals surface area (Å²) in [4.78, 5) is 23.0. The highest BCUT2D eigenvalue weighted by atomic mass is 32.1. The van der Waals surface area contributed by atoms with Crippen molar-refractivity contribution in [1.29, 1.82) is 0 Å². The number of hydrazone groups is 1. The number of amides is 1. The quantitative estimate of drug-likeness (QED) is 0.190. The van der Waals surface area contributed by atoms with Crippen LogP contribution in [0.3, 0.4) is 0 Å². The summed E-state index contributed by atoms with van der Waals surface area (Å²) in [6.45, 7) is 24.4. The van der Waals surface area contributed by atoms with E-state index in [0.29, 0.717) is 17.4 Å². The summed E-state index contributed by atoms with van der Waals surface area (Å²) in [6.07, 6.45) is 12.0. The minimum absolute atomic E-state index is 0.0704. The Hall–Kier alpha value is -2.47. The summed E-state index contributed by atoms with van der Waals surface area (Å²) >= 11 is 1.76. The lowest BCUT2D eigenvalue weighted by molar-refractivity contribution is -0.114. The second-order valence-corrected chi connectivity index (χ2v) is 15.4. The maximum atomic E-state index is 14.0. The summed E-state index contributed by atoms with van der Waals surface area (Å²) < 4.78 is 0. The zero-order valence-corrected chi connectivity index (χ0v) is 29.6. The SMILES string of the molecule is CCCCC(CC)CN(CC(CC)CCCC)c1nc(C(C)(C)C)c(/C=C2\C(=O)N(c3ccccc3)N=C2C(C)(C)C)s1. The molecule has 2 unspecified atom stereocenters. The molecule has 0 radical (unpaired) electrons. The number of benzene rings is 1. The fourth-order valence-electron chi connectivity index (χ4n) is 5.75. The van der Waals surface area contributed by atoms with Gasteiger partial charge in [-0.05, 0) is 42.9 Å². The van der Waals surface area contributed by atoms with Crippen LogP contribution in [0.1, 0.15) is 131 Å². The van der Waals surface area contributed by atoms with Gasteiger partial charge in [0.2, 0.25) is 0 Å². The summed E-state index contributed by atoms with van der Waals surface area (Å²) in [5, 5.41) is 7.55. The Morgan fingerprint density at radius 1 is 0.860 bits per heavy atom. The molecule has 0 N–H and O–H groups in total. The van der Waals surface area contributed by atoms with Crippen molar-refractivity contribution < 1.29 is 4.79 Å². The van der Waals surface area contributed by atoms with E-state index in [9.17, 15) is 4.79 Å². The molecule has 1 aliphatic rings. The average Bonchev–Trinajstić information content (AvgIpc) is 3.54. The van der Waals surface area contributed by atoms with E-state index in [-0.39, 0.29) is 16.7 Å². The number of aromatic nitrogens is 1. The molecule has 2 heterocycles. The average molecular weight is 607 g/mol. The fourth-order valence-corrected chi connectivity index (χ4v) is 6.99. The van der Waals surface area contributed by atoms with E-state index in [1.807, 2.05) is 30.3 Å². The third-order valence-corrected chi connectivity index (χ3v) is 9.59. The van der Waals surface area contributed by atoms with Gasteiger partial charge in [-0.2, -0.15) is 10.1 Å². The number of anilines is 2. The van der Waals surface area contributed by atoms with E-state index in [2.05, 4.69) is 80.2 Å². The smallest absolute Gasteiger partial charge is 0.280 e. The van der Waals surface area contributed by atoms with Gasteiger partial charge in [0, 0.05) is 23.9 Å². The Labute approximate surface area is 266 Å². The molecule has 0 spiro atoms. The number of unbranched alkanes of at least 4 members (excludes halogenated alkanes) is 2. The highest BCUT2D eigenvalue weighted by molar-refractivity contribution is 7.16. The second kappa shape index (κ2) is 15.5. The molecule has 238 valence electrons. The molecule has 1 aromatic heterocycles. The number of carbonyl (C=O) groups excluding carboxylic acids is 1. The van der Waals surface area contributed by atoms with Crippen LogP contribution in [0.15, 0.2) is 41.0 Å². The molecular weight excluding hydrogens is 549 g/mol. The van der Waals surface area contributed by atoms with Crippen molar-refractivity contribution in [2.45, 2.75) is 126 Å². The Kier molecular flexibility index (Phi) is 12.6. The molecule has 0 aliphatic carbocycles. The Morgan fingerprint density at radius 3 is 1.88 bits per heavy atom. The van der Waals surface area contributed by atoms with Gasteiger partial charge in [-0.15, -0.1) is 0 Å². The van der Waals surface area contributed by atoms with Gasteiger partial charge in [0.15, 0.2) is 5.13 Å². The summed E-state index contributed by atoms with van der Waals surface area (Å²) in [5.41, 5.74) is 2.91. The van der Waals surface area contributed by atoms with Gasteiger partial charge >= 0.3 is 0 Å². The lowest BCUT2D eigenvalue weighted by Gasteiger charge is -2.30. The molecule has 6 heteroatoms. The lowest BCUT2D eigenvalue weighted by atomic mass is 9.84. The first-order valence-electron chi connectivity index (χ1n) is 16.8. The van der Waals surface area contributed by atoms with Gasteiger partial charge in [-0.25, -0.2) is 4.98 Å². The number of hydrogen-bond acceptors (Lipinski definition) is 5. The molecule has 0 saturated carbocycles. The Morgan fingerprint density at radius 2 is 1.42 bits per heavy atom. The van der Waals surface area contributed by atoms with Crippen LogP contribution in [0.4, 0.5) is 10.8 Å². The van der Waals surface area contributed by atoms with Crippen LogP contribution in [0, 0.1) is 17.3 Å². The molecule has 0 bridgehead atoms. The van der Waals surface area contributed by atoms with Crippen LogP contribution in [-0.2, 0) is 10.2 Å². The van der Waals surface area contributed by atoms with Crippen LogP contribution in [0.2, 0.25) is 0 Å². The van der Waals surface area contributed by atoms with Gasteiger partial charge in [-0.1, -0.05) is 137 Å². The summed E-state index contributed by atoms with van der Waals surface area (Å²) in [5.74, 6) is 1.24. The third kappa shape index (κ3) is 9.26. The summed E-state index contributed by atoms with van der Waals surface area (Å²) in [7, 11) is 0. The molecule has 1 aliphatic heterocycles. The third-order valence-electron chi connectivity index (χ3n) is 8.53. The van der Waals surface area contributed by atoms with Crippen molar-refractivity contribution in [1.82, 2.24) is 4.98 Å². The molecule has 0 saturated heterocycles. The lowest BCUT2D eigenvalue weighted by Crippen LogP contribution is -2.34. The zero-order valence-electron chi connectivity index (χ0n) is 28.8. The van der Waals surface area contributed by atoms with Crippen molar-refractivity contribution >= 4 is 39.9 Å². The van der Waals surface area contributed by atoms with E-state index in [1.54, 1.807) is 16.3 Å². The van der Waals surface area contributed by atoms with Gasteiger partial charge in [0.1, 0.15) is 0 Å². The van der Waals surface area contributed by atoms with Crippen LogP contribution in [0.25, 0.3) is 6.08 Å². The predicted octanol–water partition coefficient (Wildman–Crippen LogP) is 10.5. The number of para-hydroxylation sites is 1. The van der Waals surface area contributed by atoms with Crippen molar-refractivity contribution in [3.63, 3.8) is 0 Å². The van der Waals surface area contributed by atoms with E-state index in [0.717, 1.165) is 40.2 Å². The molecule has 3 rings (SSSR count). The monoisotopic (exact) mass is 606 g/mol. The molecular formula is C37H58N4OS. The van der Waals surface area contributed by atoms with E-state index in [4.69, 9.17) is 10.1 Å². The normalized spacial score (nSPS) is 16.6. The van der Waals surface area contributed by atoms with Gasteiger partial charge in [-0.3, -0.25) is 4.79 Å². The number of thiazole rings is 1. The molecule has 1 aromatic carbocycles. The first kappa shape index (κ1) is 35.0. The maximum Gasteiger partial charge on any atom is 0.280 e. The van der Waals surface area contributed by atoms with Gasteiger partial charge < -0.3 is 4.90 Å². The van der Waals surface area contributed by atoms with Crippen LogP contribution in [-0.4, -0.2) is 29.7 Å². The van der Waals surface area contributed by atoms with Gasteiger partial charge in [0.25, 0.3) is 5.91 Å². The maximum absolute atomic E-state index is 14.0. The number of carbonyl (C=O) groups is 1. The van der Waals surface area contributed by atoms with E-state index in [1.165, 1.54) is 51.4 Å². The standard InChI is InChI=1S/C37H58N4OS/c1-11-15-20-27(13-3)25-40(26-28(14-4)21-16-12-2)35-38-33(37(8,9)10)31(43-35)24-30-32(36(5,6)7)39-41(34(30)42)29-22-18-17-19-23-29/h17-19,22-24,27-28H,11-16,20-21,25-26H2,1-10H3/b30-24-. The van der Waals surface area contributed by atoms with Gasteiger partial charge in [0.05, 0.1) is 27.5 Å². The Balaban J connectivity index is 2.11. The highest BCUT2D eigenvalue weighted by Gasteiger charge is 2.38. The Bertz CT molecular complexity index is 1210. The minimum Gasteiger partial charge on any atom is -0.348 e. The number of nitrogens with zero attached hydrogens (tertiary/aromatic N) is 4. The van der Waals surface area contributed by atoms with Crippen molar-refractivity contribution in [2.75, 3.05) is 23.0 Å². The number of rotatable bonds is 15. The van der Waals surface area contributed by atoms with Crippen molar-refractivity contribution in [3.05, 3.63) is 46.5 Å². The molecule has 43 heavy (non-hydrogen) atoms.